The zero-order chi connectivity index (χ0) is 22.4. The zero-order valence-corrected chi connectivity index (χ0v) is 19.6. The van der Waals surface area contributed by atoms with Gasteiger partial charge in [-0.2, -0.15) is 4.31 Å². The number of benzene rings is 2. The number of carbonyl (C=O) groups excluding carboxylic acids is 1. The average molecular weight is 455 g/mol. The molecule has 4 rings (SSSR count). The minimum absolute atomic E-state index is 0.199. The van der Waals surface area contributed by atoms with Crippen molar-refractivity contribution in [2.24, 2.45) is 0 Å². The second kappa shape index (κ2) is 10.6. The van der Waals surface area contributed by atoms with Crippen LogP contribution in [0.3, 0.4) is 0 Å². The summed E-state index contributed by atoms with van der Waals surface area (Å²) in [5.41, 5.74) is 2.28. The molecular weight excluding hydrogens is 420 g/mol. The number of hydrogen-bond donors (Lipinski definition) is 0. The van der Waals surface area contributed by atoms with Gasteiger partial charge in [-0.3, -0.25) is 4.79 Å². The van der Waals surface area contributed by atoms with Crippen LogP contribution in [0.2, 0.25) is 0 Å². The van der Waals surface area contributed by atoms with Crippen LogP contribution in [-0.4, -0.2) is 49.2 Å². The SMILES string of the molecule is O=C(CCc1ccc(S(=O)(=O)N2CCCCCC2)cc1)N1CCCC1Cc1ccccc1. The van der Waals surface area contributed by atoms with Crippen molar-refractivity contribution in [2.45, 2.75) is 68.7 Å². The molecular formula is C26H34N2O3S. The van der Waals surface area contributed by atoms with Crippen LogP contribution >= 0.6 is 0 Å². The van der Waals surface area contributed by atoms with Crippen LogP contribution in [0, 0.1) is 0 Å². The van der Waals surface area contributed by atoms with E-state index in [2.05, 4.69) is 12.1 Å². The van der Waals surface area contributed by atoms with Crippen LogP contribution in [0.4, 0.5) is 0 Å². The highest BCUT2D eigenvalue weighted by molar-refractivity contribution is 7.89. The molecule has 2 fully saturated rings. The van der Waals surface area contributed by atoms with Crippen LogP contribution < -0.4 is 0 Å². The third kappa shape index (κ3) is 5.59. The van der Waals surface area contributed by atoms with Crippen LogP contribution in [0.15, 0.2) is 59.5 Å². The molecule has 172 valence electrons. The quantitative estimate of drug-likeness (QED) is 0.622. The molecule has 2 aromatic rings. The molecule has 2 saturated heterocycles. The third-order valence-electron chi connectivity index (χ3n) is 6.77. The van der Waals surface area contributed by atoms with E-state index in [9.17, 15) is 13.2 Å². The molecule has 0 spiro atoms. The van der Waals surface area contributed by atoms with E-state index >= 15 is 0 Å². The third-order valence-corrected chi connectivity index (χ3v) is 8.68. The maximum Gasteiger partial charge on any atom is 0.243 e. The summed E-state index contributed by atoms with van der Waals surface area (Å²) in [5.74, 6) is 0.199. The maximum atomic E-state index is 12.9. The first-order valence-electron chi connectivity index (χ1n) is 12.0. The van der Waals surface area contributed by atoms with E-state index in [4.69, 9.17) is 0 Å². The van der Waals surface area contributed by atoms with Crippen molar-refractivity contribution >= 4 is 15.9 Å². The summed E-state index contributed by atoms with van der Waals surface area (Å²) >= 11 is 0. The van der Waals surface area contributed by atoms with Gasteiger partial charge in [-0.1, -0.05) is 55.3 Å². The Bertz CT molecular complexity index is 981. The summed E-state index contributed by atoms with van der Waals surface area (Å²) in [5, 5.41) is 0. The van der Waals surface area contributed by atoms with E-state index in [1.165, 1.54) is 5.56 Å². The van der Waals surface area contributed by atoms with Gasteiger partial charge >= 0.3 is 0 Å². The van der Waals surface area contributed by atoms with Gasteiger partial charge in [-0.05, 0) is 61.8 Å². The van der Waals surface area contributed by atoms with Gasteiger partial charge < -0.3 is 4.90 Å². The van der Waals surface area contributed by atoms with E-state index in [1.807, 2.05) is 35.2 Å². The lowest BCUT2D eigenvalue weighted by atomic mass is 10.0. The number of carbonyl (C=O) groups is 1. The fraction of sp³-hybridized carbons (Fsp3) is 0.500. The van der Waals surface area contributed by atoms with Crippen molar-refractivity contribution in [3.8, 4) is 0 Å². The van der Waals surface area contributed by atoms with Gasteiger partial charge in [-0.15, -0.1) is 0 Å². The summed E-state index contributed by atoms with van der Waals surface area (Å²) in [6.07, 6.45) is 8.19. The molecule has 6 heteroatoms. The number of sulfonamides is 1. The first kappa shape index (κ1) is 23.0. The number of likely N-dealkylation sites (tertiary alicyclic amines) is 1. The summed E-state index contributed by atoms with van der Waals surface area (Å²) < 4.78 is 27.5. The molecule has 5 nitrogen and oxygen atoms in total. The summed E-state index contributed by atoms with van der Waals surface area (Å²) in [6.45, 7) is 2.06. The predicted molar refractivity (Wildman–Crippen MR) is 127 cm³/mol. The second-order valence-electron chi connectivity index (χ2n) is 9.04. The molecule has 2 aliphatic heterocycles. The van der Waals surface area contributed by atoms with Gasteiger partial charge in [0.1, 0.15) is 0 Å². The minimum atomic E-state index is -3.43. The fourth-order valence-corrected chi connectivity index (χ4v) is 6.43. The molecule has 0 bridgehead atoms. The lowest BCUT2D eigenvalue weighted by molar-refractivity contribution is -0.131. The maximum absolute atomic E-state index is 12.9. The minimum Gasteiger partial charge on any atom is -0.339 e. The average Bonchev–Trinajstić information content (AvgIpc) is 3.09. The molecule has 2 heterocycles. The topological polar surface area (TPSA) is 57.7 Å². The van der Waals surface area contributed by atoms with Crippen molar-refractivity contribution in [2.75, 3.05) is 19.6 Å². The van der Waals surface area contributed by atoms with Crippen molar-refractivity contribution in [3.63, 3.8) is 0 Å². The van der Waals surface area contributed by atoms with Gasteiger partial charge in [-0.25, -0.2) is 8.42 Å². The number of rotatable bonds is 7. The monoisotopic (exact) mass is 454 g/mol. The Hall–Kier alpha value is -2.18. The lowest BCUT2D eigenvalue weighted by Gasteiger charge is -2.25. The second-order valence-corrected chi connectivity index (χ2v) is 11.0. The summed E-state index contributed by atoms with van der Waals surface area (Å²) in [6, 6.07) is 17.8. The molecule has 0 aliphatic carbocycles. The molecule has 2 aliphatic rings. The standard InChI is InChI=1S/C26H34N2O3S/c29-26(28-20-8-11-24(28)21-23-9-4-3-5-10-23)17-14-22-12-15-25(16-13-22)32(30,31)27-18-6-1-2-7-19-27/h3-5,9-10,12-13,15-16,24H,1-2,6-8,11,14,17-21H2. The van der Waals surface area contributed by atoms with E-state index in [-0.39, 0.29) is 11.9 Å². The van der Waals surface area contributed by atoms with Gasteiger partial charge in [0.2, 0.25) is 15.9 Å². The Labute approximate surface area is 192 Å². The Morgan fingerprint density at radius 1 is 0.812 bits per heavy atom. The summed E-state index contributed by atoms with van der Waals surface area (Å²) in [7, 11) is -3.43. The van der Waals surface area contributed by atoms with E-state index < -0.39 is 10.0 Å². The largest absolute Gasteiger partial charge is 0.339 e. The van der Waals surface area contributed by atoms with Crippen LogP contribution in [0.5, 0.6) is 0 Å². The number of aryl methyl sites for hydroxylation is 1. The van der Waals surface area contributed by atoms with Gasteiger partial charge in [0, 0.05) is 32.1 Å². The molecule has 0 aromatic heterocycles. The molecule has 2 aromatic carbocycles. The van der Waals surface area contributed by atoms with Crippen molar-refractivity contribution < 1.29 is 13.2 Å². The molecule has 0 saturated carbocycles. The Morgan fingerprint density at radius 2 is 1.50 bits per heavy atom. The highest BCUT2D eigenvalue weighted by Crippen LogP contribution is 2.24. The normalized spacial score (nSPS) is 20.2. The van der Waals surface area contributed by atoms with Crippen molar-refractivity contribution in [3.05, 3.63) is 65.7 Å². The van der Waals surface area contributed by atoms with Crippen LogP contribution in [0.1, 0.15) is 56.1 Å². The molecule has 1 amide bonds. The molecule has 1 unspecified atom stereocenters. The van der Waals surface area contributed by atoms with Gasteiger partial charge in [0.05, 0.1) is 4.90 Å². The molecule has 1 atom stereocenters. The molecule has 32 heavy (non-hydrogen) atoms. The predicted octanol–water partition coefficient (Wildman–Crippen LogP) is 4.42. The van der Waals surface area contributed by atoms with Crippen molar-refractivity contribution in [1.82, 2.24) is 9.21 Å². The Kier molecular flexibility index (Phi) is 7.63. The van der Waals surface area contributed by atoms with E-state index in [0.717, 1.165) is 57.1 Å². The Morgan fingerprint density at radius 3 is 2.19 bits per heavy atom. The lowest BCUT2D eigenvalue weighted by Crippen LogP contribution is -2.36. The molecule has 0 radical (unpaired) electrons. The van der Waals surface area contributed by atoms with Crippen LogP contribution in [-0.2, 0) is 27.7 Å². The fourth-order valence-electron chi connectivity index (χ4n) is 4.92. The number of nitrogens with zero attached hydrogens (tertiary/aromatic N) is 2. The molecule has 0 N–H and O–H groups in total. The van der Waals surface area contributed by atoms with Crippen molar-refractivity contribution in [1.29, 1.82) is 0 Å². The highest BCUT2D eigenvalue weighted by atomic mass is 32.2. The number of amides is 1. The summed E-state index contributed by atoms with van der Waals surface area (Å²) in [4.78, 5) is 15.3. The Balaban J connectivity index is 1.33. The number of hydrogen-bond acceptors (Lipinski definition) is 3. The first-order chi connectivity index (χ1) is 15.5. The van der Waals surface area contributed by atoms with Gasteiger partial charge in [0.25, 0.3) is 0 Å². The van der Waals surface area contributed by atoms with Crippen LogP contribution in [0.25, 0.3) is 0 Å². The highest BCUT2D eigenvalue weighted by Gasteiger charge is 2.28. The van der Waals surface area contributed by atoms with E-state index in [0.29, 0.717) is 30.8 Å². The van der Waals surface area contributed by atoms with E-state index in [1.54, 1.807) is 16.4 Å². The first-order valence-corrected chi connectivity index (χ1v) is 13.4. The van der Waals surface area contributed by atoms with Gasteiger partial charge in [0.15, 0.2) is 0 Å². The smallest absolute Gasteiger partial charge is 0.243 e. The zero-order valence-electron chi connectivity index (χ0n) is 18.8.